The fourth-order valence-corrected chi connectivity index (χ4v) is 3.19. The van der Waals surface area contributed by atoms with Crippen LogP contribution in [0.2, 0.25) is 0 Å². The van der Waals surface area contributed by atoms with E-state index in [2.05, 4.69) is 5.32 Å². The first kappa shape index (κ1) is 17.6. The summed E-state index contributed by atoms with van der Waals surface area (Å²) >= 11 is 0. The van der Waals surface area contributed by atoms with Gasteiger partial charge in [-0.3, -0.25) is 19.7 Å². The number of amides is 2. The Balaban J connectivity index is 1.87. The van der Waals surface area contributed by atoms with E-state index in [4.69, 9.17) is 0 Å². The monoisotopic (exact) mass is 353 g/mol. The van der Waals surface area contributed by atoms with Gasteiger partial charge in [-0.1, -0.05) is 30.3 Å². The van der Waals surface area contributed by atoms with Gasteiger partial charge in [0.05, 0.1) is 16.9 Å². The molecule has 0 fully saturated rings. The van der Waals surface area contributed by atoms with Gasteiger partial charge in [0, 0.05) is 31.3 Å². The van der Waals surface area contributed by atoms with E-state index in [0.29, 0.717) is 11.3 Å². The van der Waals surface area contributed by atoms with Gasteiger partial charge in [-0.05, 0) is 24.1 Å². The van der Waals surface area contributed by atoms with Gasteiger partial charge >= 0.3 is 0 Å². The molecule has 2 amide bonds. The number of para-hydroxylation sites is 1. The van der Waals surface area contributed by atoms with E-state index in [1.807, 2.05) is 19.1 Å². The molecule has 0 spiro atoms. The Morgan fingerprint density at radius 3 is 2.73 bits per heavy atom. The molecule has 2 aromatic carbocycles. The number of carbonyl (C=O) groups is 2. The van der Waals surface area contributed by atoms with Crippen molar-refractivity contribution in [3.8, 4) is 0 Å². The van der Waals surface area contributed by atoms with Crippen LogP contribution in [0.5, 0.6) is 0 Å². The van der Waals surface area contributed by atoms with Gasteiger partial charge in [0.15, 0.2) is 0 Å². The first-order chi connectivity index (χ1) is 12.4. The number of fused-ring (bicyclic) bond motifs is 1. The summed E-state index contributed by atoms with van der Waals surface area (Å²) in [6, 6.07) is 13.1. The highest BCUT2D eigenvalue weighted by Crippen LogP contribution is 2.35. The summed E-state index contributed by atoms with van der Waals surface area (Å²) in [6.07, 6.45) is 0.0852. The number of nitro benzene ring substituents is 1. The van der Waals surface area contributed by atoms with Crippen molar-refractivity contribution in [3.63, 3.8) is 0 Å². The molecule has 0 bridgehead atoms. The van der Waals surface area contributed by atoms with Crippen LogP contribution in [-0.2, 0) is 9.59 Å². The molecule has 2 atom stereocenters. The number of carbonyl (C=O) groups excluding carboxylic acids is 2. The minimum absolute atomic E-state index is 0.0161. The van der Waals surface area contributed by atoms with Crippen LogP contribution in [0.1, 0.15) is 36.4 Å². The molecule has 2 unspecified atom stereocenters. The van der Waals surface area contributed by atoms with Crippen LogP contribution in [0.4, 0.5) is 11.4 Å². The Morgan fingerprint density at radius 1 is 1.27 bits per heavy atom. The number of non-ortho nitro benzene ring substituents is 1. The number of likely N-dealkylation sites (N-methyl/N-ethyl adjacent to an activating group) is 1. The molecule has 134 valence electrons. The zero-order valence-corrected chi connectivity index (χ0v) is 14.5. The number of nitrogens with zero attached hydrogens (tertiary/aromatic N) is 2. The van der Waals surface area contributed by atoms with Crippen LogP contribution in [0.3, 0.4) is 0 Å². The molecular formula is C19H19N3O4. The van der Waals surface area contributed by atoms with Crippen molar-refractivity contribution in [2.24, 2.45) is 0 Å². The summed E-state index contributed by atoms with van der Waals surface area (Å²) in [5, 5.41) is 13.8. The van der Waals surface area contributed by atoms with Gasteiger partial charge < -0.3 is 10.2 Å². The maximum absolute atomic E-state index is 13.1. The number of hydrogen-bond donors (Lipinski definition) is 1. The lowest BCUT2D eigenvalue weighted by molar-refractivity contribution is -0.384. The van der Waals surface area contributed by atoms with Crippen LogP contribution in [-0.4, -0.2) is 28.7 Å². The zero-order valence-electron chi connectivity index (χ0n) is 14.5. The van der Waals surface area contributed by atoms with Crippen molar-refractivity contribution in [1.82, 2.24) is 4.90 Å². The third kappa shape index (κ3) is 3.28. The van der Waals surface area contributed by atoms with E-state index in [9.17, 15) is 19.7 Å². The third-order valence-electron chi connectivity index (χ3n) is 4.79. The molecular weight excluding hydrogens is 334 g/mol. The summed E-state index contributed by atoms with van der Waals surface area (Å²) in [7, 11) is 1.65. The molecule has 0 aromatic heterocycles. The number of benzene rings is 2. The molecule has 26 heavy (non-hydrogen) atoms. The molecule has 1 aliphatic heterocycles. The van der Waals surface area contributed by atoms with Crippen LogP contribution in [0.25, 0.3) is 0 Å². The number of anilines is 1. The fourth-order valence-electron chi connectivity index (χ4n) is 3.19. The molecule has 3 rings (SSSR count). The van der Waals surface area contributed by atoms with Gasteiger partial charge in [0.2, 0.25) is 11.8 Å². The van der Waals surface area contributed by atoms with Crippen LogP contribution >= 0.6 is 0 Å². The molecule has 0 radical (unpaired) electrons. The number of nitrogens with one attached hydrogen (secondary N) is 1. The predicted octanol–water partition coefficient (Wildman–Crippen LogP) is 3.24. The van der Waals surface area contributed by atoms with Crippen molar-refractivity contribution in [2.45, 2.75) is 25.3 Å². The summed E-state index contributed by atoms with van der Waals surface area (Å²) in [5.74, 6) is -0.948. The maximum Gasteiger partial charge on any atom is 0.269 e. The number of nitro groups is 1. The van der Waals surface area contributed by atoms with E-state index in [1.54, 1.807) is 36.2 Å². The first-order valence-corrected chi connectivity index (χ1v) is 8.28. The summed E-state index contributed by atoms with van der Waals surface area (Å²) in [4.78, 5) is 37.1. The molecule has 1 N–H and O–H groups in total. The Bertz CT molecular complexity index is 881. The highest BCUT2D eigenvalue weighted by Gasteiger charge is 2.33. The summed E-state index contributed by atoms with van der Waals surface area (Å²) in [5.41, 5.74) is 2.09. The third-order valence-corrected chi connectivity index (χ3v) is 4.79. The smallest absolute Gasteiger partial charge is 0.269 e. The standard InChI is InChI=1S/C19H19N3O4/c1-12(13-6-5-7-14(10-13)22(25)26)21(2)19(24)16-11-18(23)20-17-9-4-3-8-15(16)17/h3-10,12,16H,11H2,1-2H3,(H,20,23). The van der Waals surface area contributed by atoms with E-state index < -0.39 is 10.8 Å². The molecule has 7 heteroatoms. The SMILES string of the molecule is CC(c1cccc([N+](=O)[O-])c1)N(C)C(=O)C1CC(=O)Nc2ccccc21. The molecule has 2 aromatic rings. The van der Waals surface area contributed by atoms with Crippen LogP contribution in [0, 0.1) is 10.1 Å². The lowest BCUT2D eigenvalue weighted by Crippen LogP contribution is -2.37. The lowest BCUT2D eigenvalue weighted by Gasteiger charge is -2.32. The highest BCUT2D eigenvalue weighted by molar-refractivity contribution is 6.01. The van der Waals surface area contributed by atoms with Crippen molar-refractivity contribution >= 4 is 23.2 Å². The second-order valence-corrected chi connectivity index (χ2v) is 6.37. The first-order valence-electron chi connectivity index (χ1n) is 8.28. The molecule has 0 aliphatic carbocycles. The van der Waals surface area contributed by atoms with Crippen molar-refractivity contribution < 1.29 is 14.5 Å². The molecule has 1 heterocycles. The quantitative estimate of drug-likeness (QED) is 0.674. The summed E-state index contributed by atoms with van der Waals surface area (Å²) < 4.78 is 0. The second kappa shape index (κ2) is 6.95. The van der Waals surface area contributed by atoms with E-state index in [1.165, 1.54) is 12.1 Å². The summed E-state index contributed by atoms with van der Waals surface area (Å²) in [6.45, 7) is 1.81. The largest absolute Gasteiger partial charge is 0.338 e. The minimum Gasteiger partial charge on any atom is -0.338 e. The minimum atomic E-state index is -0.564. The van der Waals surface area contributed by atoms with Gasteiger partial charge in [-0.15, -0.1) is 0 Å². The van der Waals surface area contributed by atoms with Crippen molar-refractivity contribution in [2.75, 3.05) is 12.4 Å². The van der Waals surface area contributed by atoms with E-state index in [-0.39, 0.29) is 30.0 Å². The Labute approximate surface area is 150 Å². The lowest BCUT2D eigenvalue weighted by atomic mass is 9.89. The number of rotatable bonds is 4. The average molecular weight is 353 g/mol. The van der Waals surface area contributed by atoms with Gasteiger partial charge in [0.25, 0.3) is 5.69 Å². The van der Waals surface area contributed by atoms with Crippen molar-refractivity contribution in [3.05, 3.63) is 69.8 Å². The van der Waals surface area contributed by atoms with E-state index in [0.717, 1.165) is 5.56 Å². The zero-order chi connectivity index (χ0) is 18.8. The Kier molecular flexibility index (Phi) is 4.71. The second-order valence-electron chi connectivity index (χ2n) is 6.37. The van der Waals surface area contributed by atoms with Gasteiger partial charge in [-0.2, -0.15) is 0 Å². The highest BCUT2D eigenvalue weighted by atomic mass is 16.6. The van der Waals surface area contributed by atoms with Crippen LogP contribution in [0.15, 0.2) is 48.5 Å². The van der Waals surface area contributed by atoms with Gasteiger partial charge in [0.1, 0.15) is 0 Å². The van der Waals surface area contributed by atoms with Crippen LogP contribution < -0.4 is 5.32 Å². The number of hydrogen-bond acceptors (Lipinski definition) is 4. The predicted molar refractivity (Wildman–Crippen MR) is 96.7 cm³/mol. The molecule has 1 aliphatic rings. The van der Waals surface area contributed by atoms with E-state index >= 15 is 0 Å². The molecule has 0 saturated heterocycles. The van der Waals surface area contributed by atoms with Gasteiger partial charge in [-0.25, -0.2) is 0 Å². The topological polar surface area (TPSA) is 92.6 Å². The fraction of sp³-hybridized carbons (Fsp3) is 0.263. The molecule has 0 saturated carbocycles. The van der Waals surface area contributed by atoms with Crippen molar-refractivity contribution in [1.29, 1.82) is 0 Å². The Hall–Kier alpha value is -3.22. The maximum atomic E-state index is 13.1. The average Bonchev–Trinajstić information content (AvgIpc) is 2.65. The molecule has 7 nitrogen and oxygen atoms in total. The normalized spacial score (nSPS) is 17.0. The Morgan fingerprint density at radius 2 is 2.00 bits per heavy atom.